The van der Waals surface area contributed by atoms with Gasteiger partial charge in [-0.25, -0.2) is 4.79 Å². The van der Waals surface area contributed by atoms with Gasteiger partial charge in [-0.2, -0.15) is 0 Å². The summed E-state index contributed by atoms with van der Waals surface area (Å²) in [4.78, 5) is 20.2. The van der Waals surface area contributed by atoms with Gasteiger partial charge in [-0.05, 0) is 35.7 Å². The second-order valence-electron chi connectivity index (χ2n) is 1.76. The van der Waals surface area contributed by atoms with Gasteiger partial charge < -0.3 is 4.74 Å². The molecule has 0 aliphatic carbocycles. The molecule has 0 aliphatic heterocycles. The Morgan fingerprint density at radius 1 is 1.14 bits per heavy atom. The van der Waals surface area contributed by atoms with Crippen molar-refractivity contribution in [1.82, 2.24) is 0 Å². The van der Waals surface area contributed by atoms with Gasteiger partial charge >= 0.3 is 5.97 Å². The molecule has 0 radical (unpaired) electrons. The summed E-state index contributed by atoms with van der Waals surface area (Å²) in [5, 5.41) is 0. The second kappa shape index (κ2) is 8.65. The van der Waals surface area contributed by atoms with E-state index in [4.69, 9.17) is 0 Å². The van der Waals surface area contributed by atoms with Gasteiger partial charge in [-0.15, -0.1) is 0 Å². The molecule has 0 spiro atoms. The first-order valence-electron chi connectivity index (χ1n) is 3.50. The highest BCUT2D eigenvalue weighted by atomic mass is 16.5. The fourth-order valence-electron chi connectivity index (χ4n) is 0.384. The van der Waals surface area contributed by atoms with E-state index in [9.17, 15) is 9.59 Å². The predicted molar refractivity (Wildman–Crippen MR) is 50.5 cm³/mol. The molecule has 0 fully saturated rings. The number of hydrogen-bond donors (Lipinski definition) is 0. The summed E-state index contributed by atoms with van der Waals surface area (Å²) in [6.45, 7) is 0. The number of aldehydes is 1. The Morgan fingerprint density at radius 3 is 2.36 bits per heavy atom. The van der Waals surface area contributed by atoms with Crippen LogP contribution < -0.4 is 0 Å². The number of hydrogen-bond acceptors (Lipinski definition) is 3. The summed E-state index contributed by atoms with van der Waals surface area (Å²) in [7, 11) is 1.27. The second-order valence-corrected chi connectivity index (χ2v) is 1.76. The van der Waals surface area contributed by atoms with Crippen LogP contribution in [-0.2, 0) is 14.3 Å². The summed E-state index contributed by atoms with van der Waals surface area (Å²) >= 11 is 0. The van der Waals surface area contributed by atoms with Crippen molar-refractivity contribution < 1.29 is 14.3 Å². The van der Waals surface area contributed by atoms with Crippen molar-refractivity contribution in [3.05, 3.63) is 12.2 Å². The molecule has 0 bridgehead atoms. The Bertz CT molecular complexity index is 411. The van der Waals surface area contributed by atoms with Crippen molar-refractivity contribution in [2.75, 3.05) is 7.11 Å². The molecule has 0 aliphatic rings. The maximum absolute atomic E-state index is 10.5. The Hall–Kier alpha value is -2.44. The first kappa shape index (κ1) is 11.6. The molecule has 0 aromatic rings. The van der Waals surface area contributed by atoms with Gasteiger partial charge in [-0.3, -0.25) is 4.79 Å². The normalized spacial score (nSPS) is 6.93. The fourth-order valence-corrected chi connectivity index (χ4v) is 0.384. The lowest BCUT2D eigenvalue weighted by Gasteiger charge is -1.84. The molecule has 0 saturated heterocycles. The van der Waals surface area contributed by atoms with E-state index in [0.717, 1.165) is 0 Å². The SMILES string of the molecule is COC(=O)C=CC#CC#CC#CC=O. The summed E-state index contributed by atoms with van der Waals surface area (Å²) in [6, 6.07) is 0. The third kappa shape index (κ3) is 7.66. The molecule has 0 aromatic carbocycles. The van der Waals surface area contributed by atoms with Crippen LogP contribution in [0.5, 0.6) is 0 Å². The van der Waals surface area contributed by atoms with Gasteiger partial charge in [0.15, 0.2) is 6.29 Å². The zero-order valence-corrected chi connectivity index (χ0v) is 7.46. The van der Waals surface area contributed by atoms with Gasteiger partial charge in [-0.1, -0.05) is 5.92 Å². The van der Waals surface area contributed by atoms with E-state index in [1.54, 1.807) is 0 Å². The average molecular weight is 186 g/mol. The molecule has 0 unspecified atom stereocenters. The number of methoxy groups -OCH3 is 1. The highest BCUT2D eigenvalue weighted by Crippen LogP contribution is 1.75. The minimum Gasteiger partial charge on any atom is -0.466 e. The maximum Gasteiger partial charge on any atom is 0.331 e. The van der Waals surface area contributed by atoms with Crippen molar-refractivity contribution in [3.8, 4) is 35.5 Å². The maximum atomic E-state index is 10.5. The van der Waals surface area contributed by atoms with E-state index >= 15 is 0 Å². The molecule has 3 heteroatoms. The van der Waals surface area contributed by atoms with E-state index in [0.29, 0.717) is 6.29 Å². The first-order valence-corrected chi connectivity index (χ1v) is 3.50. The highest BCUT2D eigenvalue weighted by Gasteiger charge is 1.85. The largest absolute Gasteiger partial charge is 0.466 e. The molecule has 0 aromatic heterocycles. The predicted octanol–water partition coefficient (Wildman–Crippen LogP) is -0.0753. The molecule has 0 N–H and O–H groups in total. The minimum atomic E-state index is -0.479. The van der Waals surface area contributed by atoms with Crippen LogP contribution in [0, 0.1) is 35.5 Å². The smallest absolute Gasteiger partial charge is 0.331 e. The quantitative estimate of drug-likeness (QED) is 0.249. The van der Waals surface area contributed by atoms with Gasteiger partial charge in [0.2, 0.25) is 0 Å². The number of carbonyl (C=O) groups is 2. The van der Waals surface area contributed by atoms with Crippen LogP contribution in [0.3, 0.4) is 0 Å². The van der Waals surface area contributed by atoms with E-state index in [1.165, 1.54) is 19.3 Å². The summed E-state index contributed by atoms with van der Waals surface area (Å²) in [5.74, 6) is 13.4. The van der Waals surface area contributed by atoms with Crippen molar-refractivity contribution >= 4 is 12.3 Å². The van der Waals surface area contributed by atoms with E-state index in [-0.39, 0.29) is 0 Å². The molecule has 3 nitrogen and oxygen atoms in total. The molecule has 0 atom stereocenters. The Kier molecular flexibility index (Phi) is 7.15. The van der Waals surface area contributed by atoms with Crippen LogP contribution in [0.4, 0.5) is 0 Å². The monoisotopic (exact) mass is 186 g/mol. The lowest BCUT2D eigenvalue weighted by molar-refractivity contribution is -0.134. The number of allylic oxidation sites excluding steroid dienone is 1. The molecule has 0 amide bonds. The number of rotatable bonds is 1. The van der Waals surface area contributed by atoms with Crippen LogP contribution in [0.25, 0.3) is 0 Å². The topological polar surface area (TPSA) is 43.4 Å². The summed E-state index contributed by atoms with van der Waals surface area (Å²) in [5.41, 5.74) is 0. The van der Waals surface area contributed by atoms with Crippen molar-refractivity contribution in [2.45, 2.75) is 0 Å². The van der Waals surface area contributed by atoms with Crippen LogP contribution in [-0.4, -0.2) is 19.4 Å². The Balaban J connectivity index is 4.05. The molecular weight excluding hydrogens is 180 g/mol. The van der Waals surface area contributed by atoms with Gasteiger partial charge in [0, 0.05) is 6.08 Å². The molecule has 0 saturated carbocycles. The van der Waals surface area contributed by atoms with Crippen LogP contribution in [0.2, 0.25) is 0 Å². The van der Waals surface area contributed by atoms with E-state index < -0.39 is 5.97 Å². The van der Waals surface area contributed by atoms with Crippen LogP contribution >= 0.6 is 0 Å². The molecule has 0 rings (SSSR count). The third-order valence-corrected chi connectivity index (χ3v) is 0.895. The number of ether oxygens (including phenoxy) is 1. The van der Waals surface area contributed by atoms with Crippen molar-refractivity contribution in [2.24, 2.45) is 0 Å². The van der Waals surface area contributed by atoms with Gasteiger partial charge in [0.05, 0.1) is 7.11 Å². The molecule has 14 heavy (non-hydrogen) atoms. The lowest BCUT2D eigenvalue weighted by Crippen LogP contribution is -1.92. The zero-order valence-electron chi connectivity index (χ0n) is 7.46. The number of esters is 1. The molecular formula is C11H6O3. The standard InChI is InChI=1S/C11H6O3/c1-14-11(13)9-7-5-3-2-4-6-8-10-12/h7,9-10H,1H3. The minimum absolute atomic E-state index is 0.444. The Morgan fingerprint density at radius 2 is 1.79 bits per heavy atom. The molecule has 0 heterocycles. The summed E-state index contributed by atoms with van der Waals surface area (Å²) in [6.07, 6.45) is 2.93. The van der Waals surface area contributed by atoms with E-state index in [1.807, 2.05) is 0 Å². The Labute approximate surface area is 82.1 Å². The van der Waals surface area contributed by atoms with Crippen LogP contribution in [0.1, 0.15) is 0 Å². The zero-order chi connectivity index (χ0) is 10.6. The van der Waals surface area contributed by atoms with Gasteiger partial charge in [0.1, 0.15) is 0 Å². The van der Waals surface area contributed by atoms with Crippen LogP contribution in [0.15, 0.2) is 12.2 Å². The highest BCUT2D eigenvalue weighted by molar-refractivity contribution is 5.82. The number of carbonyl (C=O) groups excluding carboxylic acids is 2. The lowest BCUT2D eigenvalue weighted by atomic mass is 10.4. The third-order valence-electron chi connectivity index (χ3n) is 0.895. The van der Waals surface area contributed by atoms with Crippen molar-refractivity contribution in [1.29, 1.82) is 0 Å². The summed E-state index contributed by atoms with van der Waals surface area (Å²) < 4.78 is 4.32. The average Bonchev–Trinajstić information content (AvgIpc) is 2.21. The van der Waals surface area contributed by atoms with Crippen molar-refractivity contribution in [3.63, 3.8) is 0 Å². The fraction of sp³-hybridized carbons (Fsp3) is 0.0909. The first-order chi connectivity index (χ1) is 6.81. The van der Waals surface area contributed by atoms with Gasteiger partial charge in [0.25, 0.3) is 0 Å². The van der Waals surface area contributed by atoms with E-state index in [2.05, 4.69) is 40.3 Å². The molecule has 68 valence electrons.